The van der Waals surface area contributed by atoms with Crippen molar-refractivity contribution in [2.24, 2.45) is 0 Å². The number of nitrogens with two attached hydrogens (primary N) is 1. The van der Waals surface area contributed by atoms with E-state index in [1.807, 2.05) is 76.4 Å². The number of fused-ring (bicyclic) bond motifs is 1. The largest absolute Gasteiger partial charge is 0.455 e. The molecule has 0 unspecified atom stereocenters. The molecule has 0 radical (unpaired) electrons. The highest BCUT2D eigenvalue weighted by Crippen LogP contribution is 2.25. The molecule has 0 saturated heterocycles. The maximum absolute atomic E-state index is 5.79. The van der Waals surface area contributed by atoms with Crippen LogP contribution in [-0.2, 0) is 0 Å². The van der Waals surface area contributed by atoms with E-state index in [-0.39, 0.29) is 0 Å². The van der Waals surface area contributed by atoms with Gasteiger partial charge in [0.25, 0.3) is 0 Å². The van der Waals surface area contributed by atoms with Gasteiger partial charge in [0.1, 0.15) is 11.3 Å². The molecule has 0 fully saturated rings. The maximum Gasteiger partial charge on any atom is 0.154 e. The SMILES string of the molecule is CC.CC.Nc1ccc(Oc2ccnn3cccc23)cc1. The van der Waals surface area contributed by atoms with Crippen LogP contribution in [0.15, 0.2) is 54.9 Å². The molecule has 0 saturated carbocycles. The number of hydrogen-bond donors (Lipinski definition) is 1. The van der Waals surface area contributed by atoms with Gasteiger partial charge in [0.05, 0.1) is 6.20 Å². The fourth-order valence-electron chi connectivity index (χ4n) is 1.68. The Bertz CT molecular complexity index is 644. The first-order chi connectivity index (χ1) is 10.3. The van der Waals surface area contributed by atoms with E-state index in [0.29, 0.717) is 0 Å². The summed E-state index contributed by atoms with van der Waals surface area (Å²) in [5, 5.41) is 4.17. The molecular formula is C17H23N3O. The highest BCUT2D eigenvalue weighted by Gasteiger charge is 2.03. The summed E-state index contributed by atoms with van der Waals surface area (Å²) in [5.41, 5.74) is 7.28. The van der Waals surface area contributed by atoms with Gasteiger partial charge in [-0.3, -0.25) is 0 Å². The Morgan fingerprint density at radius 2 is 1.62 bits per heavy atom. The van der Waals surface area contributed by atoms with Gasteiger partial charge in [-0.2, -0.15) is 5.10 Å². The molecule has 2 heterocycles. The summed E-state index contributed by atoms with van der Waals surface area (Å²) in [5.74, 6) is 1.53. The zero-order chi connectivity index (χ0) is 15.7. The predicted octanol–water partition coefficient (Wildman–Crippen LogP) is 4.76. The second-order valence-electron chi connectivity index (χ2n) is 3.70. The first-order valence-electron chi connectivity index (χ1n) is 7.29. The number of anilines is 1. The quantitative estimate of drug-likeness (QED) is 0.690. The smallest absolute Gasteiger partial charge is 0.154 e. The summed E-state index contributed by atoms with van der Waals surface area (Å²) in [6.07, 6.45) is 3.59. The second-order valence-corrected chi connectivity index (χ2v) is 3.70. The first kappa shape index (κ1) is 16.6. The van der Waals surface area contributed by atoms with E-state index in [9.17, 15) is 0 Å². The predicted molar refractivity (Wildman–Crippen MR) is 88.8 cm³/mol. The molecule has 2 aromatic heterocycles. The van der Waals surface area contributed by atoms with Gasteiger partial charge in [-0.1, -0.05) is 27.7 Å². The van der Waals surface area contributed by atoms with Crippen LogP contribution in [0.1, 0.15) is 27.7 Å². The summed E-state index contributed by atoms with van der Waals surface area (Å²) in [7, 11) is 0. The van der Waals surface area contributed by atoms with E-state index in [2.05, 4.69) is 5.10 Å². The van der Waals surface area contributed by atoms with Crippen molar-refractivity contribution in [1.29, 1.82) is 0 Å². The zero-order valence-corrected chi connectivity index (χ0v) is 13.1. The van der Waals surface area contributed by atoms with Gasteiger partial charge in [-0.15, -0.1) is 0 Å². The van der Waals surface area contributed by atoms with Crippen LogP contribution < -0.4 is 10.5 Å². The molecule has 1 aromatic carbocycles. The average molecular weight is 285 g/mol. The van der Waals surface area contributed by atoms with Gasteiger partial charge in [0, 0.05) is 18.0 Å². The van der Waals surface area contributed by atoms with Crippen molar-refractivity contribution >= 4 is 11.2 Å². The lowest BCUT2D eigenvalue weighted by molar-refractivity contribution is 0.484. The fraction of sp³-hybridized carbons (Fsp3) is 0.235. The molecule has 112 valence electrons. The van der Waals surface area contributed by atoms with Gasteiger partial charge in [0.15, 0.2) is 5.75 Å². The molecule has 4 heteroatoms. The molecule has 21 heavy (non-hydrogen) atoms. The van der Waals surface area contributed by atoms with Crippen LogP contribution in [0.3, 0.4) is 0 Å². The average Bonchev–Trinajstić information content (AvgIpc) is 3.03. The minimum Gasteiger partial charge on any atom is -0.455 e. The number of aromatic nitrogens is 2. The molecule has 0 spiro atoms. The lowest BCUT2D eigenvalue weighted by atomic mass is 10.3. The van der Waals surface area contributed by atoms with Crippen molar-refractivity contribution in [3.63, 3.8) is 0 Å². The molecule has 0 aliphatic rings. The monoisotopic (exact) mass is 285 g/mol. The van der Waals surface area contributed by atoms with E-state index >= 15 is 0 Å². The molecule has 0 aliphatic heterocycles. The molecule has 3 rings (SSSR count). The van der Waals surface area contributed by atoms with E-state index in [0.717, 1.165) is 22.7 Å². The normalized spacial score (nSPS) is 9.14. The van der Waals surface area contributed by atoms with Crippen LogP contribution in [0, 0.1) is 0 Å². The summed E-state index contributed by atoms with van der Waals surface area (Å²) in [4.78, 5) is 0. The van der Waals surface area contributed by atoms with Crippen LogP contribution in [-0.4, -0.2) is 9.61 Å². The van der Waals surface area contributed by atoms with Gasteiger partial charge < -0.3 is 10.5 Å². The van der Waals surface area contributed by atoms with Gasteiger partial charge >= 0.3 is 0 Å². The topological polar surface area (TPSA) is 52.5 Å². The van der Waals surface area contributed by atoms with Crippen molar-refractivity contribution in [3.8, 4) is 11.5 Å². The van der Waals surface area contributed by atoms with Crippen molar-refractivity contribution in [1.82, 2.24) is 9.61 Å². The number of hydrogen-bond acceptors (Lipinski definition) is 3. The summed E-state index contributed by atoms with van der Waals surface area (Å²) >= 11 is 0. The Hall–Kier alpha value is -2.49. The third kappa shape index (κ3) is 4.24. The molecule has 4 nitrogen and oxygen atoms in total. The first-order valence-corrected chi connectivity index (χ1v) is 7.29. The van der Waals surface area contributed by atoms with Crippen LogP contribution in [0.2, 0.25) is 0 Å². The van der Waals surface area contributed by atoms with Crippen molar-refractivity contribution in [2.45, 2.75) is 27.7 Å². The minimum atomic E-state index is 0.722. The second kappa shape index (κ2) is 8.64. The standard InChI is InChI=1S/C13H11N3O.2C2H6/c14-10-3-5-11(6-4-10)17-13-7-8-15-16-9-1-2-12(13)16;2*1-2/h1-9H,14H2;2*1-2H3. The highest BCUT2D eigenvalue weighted by atomic mass is 16.5. The molecule has 0 amide bonds. The third-order valence-corrected chi connectivity index (χ3v) is 2.51. The number of rotatable bonds is 2. The van der Waals surface area contributed by atoms with Crippen LogP contribution >= 0.6 is 0 Å². The van der Waals surface area contributed by atoms with Crippen LogP contribution in [0.25, 0.3) is 5.52 Å². The Kier molecular flexibility index (Phi) is 6.81. The maximum atomic E-state index is 5.79. The number of nitrogen functional groups attached to an aromatic ring is 1. The van der Waals surface area contributed by atoms with Gasteiger partial charge in [-0.05, 0) is 36.4 Å². The molecule has 3 aromatic rings. The van der Waals surface area contributed by atoms with Crippen molar-refractivity contribution in [2.75, 3.05) is 5.73 Å². The third-order valence-electron chi connectivity index (χ3n) is 2.51. The van der Waals surface area contributed by atoms with Crippen molar-refractivity contribution < 1.29 is 4.74 Å². The Morgan fingerprint density at radius 3 is 2.29 bits per heavy atom. The fourth-order valence-corrected chi connectivity index (χ4v) is 1.68. The van der Waals surface area contributed by atoms with E-state index < -0.39 is 0 Å². The number of benzene rings is 1. The van der Waals surface area contributed by atoms with Crippen LogP contribution in [0.4, 0.5) is 5.69 Å². The molecular weight excluding hydrogens is 262 g/mol. The number of nitrogens with zero attached hydrogens (tertiary/aromatic N) is 2. The van der Waals surface area contributed by atoms with E-state index in [1.165, 1.54) is 0 Å². The van der Waals surface area contributed by atoms with Crippen molar-refractivity contribution in [3.05, 3.63) is 54.9 Å². The molecule has 0 atom stereocenters. The Morgan fingerprint density at radius 1 is 0.952 bits per heavy atom. The summed E-state index contributed by atoms with van der Waals surface area (Å²) in [6.45, 7) is 8.00. The zero-order valence-electron chi connectivity index (χ0n) is 13.1. The Labute approximate surface area is 126 Å². The van der Waals surface area contributed by atoms with E-state index in [4.69, 9.17) is 10.5 Å². The van der Waals surface area contributed by atoms with E-state index in [1.54, 1.807) is 10.7 Å². The number of ether oxygens (including phenoxy) is 1. The minimum absolute atomic E-state index is 0.722. The Balaban J connectivity index is 0.000000510. The van der Waals surface area contributed by atoms with Crippen LogP contribution in [0.5, 0.6) is 11.5 Å². The highest BCUT2D eigenvalue weighted by molar-refractivity contribution is 5.60. The summed E-state index contributed by atoms with van der Waals surface area (Å²) < 4.78 is 7.56. The molecule has 2 N–H and O–H groups in total. The molecule has 0 bridgehead atoms. The summed E-state index contributed by atoms with van der Waals surface area (Å²) in [6, 6.07) is 13.0. The van der Waals surface area contributed by atoms with Gasteiger partial charge in [0.2, 0.25) is 0 Å². The molecule has 0 aliphatic carbocycles. The van der Waals surface area contributed by atoms with Gasteiger partial charge in [-0.25, -0.2) is 4.52 Å². The lowest BCUT2D eigenvalue weighted by Gasteiger charge is -2.07. The lowest BCUT2D eigenvalue weighted by Crippen LogP contribution is -1.92.